The zero-order valence-corrected chi connectivity index (χ0v) is 14.4. The normalized spacial score (nSPS) is 14.8. The highest BCUT2D eigenvalue weighted by molar-refractivity contribution is 5.46. The van der Waals surface area contributed by atoms with Crippen molar-refractivity contribution in [3.63, 3.8) is 0 Å². The van der Waals surface area contributed by atoms with E-state index >= 15 is 0 Å². The highest BCUT2D eigenvalue weighted by atomic mass is 15.3. The van der Waals surface area contributed by atoms with Gasteiger partial charge in [0.1, 0.15) is 5.82 Å². The van der Waals surface area contributed by atoms with Crippen LogP contribution in [0.2, 0.25) is 0 Å². The van der Waals surface area contributed by atoms with Crippen LogP contribution in [-0.2, 0) is 0 Å². The van der Waals surface area contributed by atoms with Crippen molar-refractivity contribution in [3.05, 3.63) is 30.2 Å². The Morgan fingerprint density at radius 3 is 2.46 bits per heavy atom. The van der Waals surface area contributed by atoms with Gasteiger partial charge in [-0.05, 0) is 19.4 Å². The van der Waals surface area contributed by atoms with Crippen molar-refractivity contribution >= 4 is 17.7 Å². The van der Waals surface area contributed by atoms with Crippen molar-refractivity contribution in [1.82, 2.24) is 19.9 Å². The fourth-order valence-electron chi connectivity index (χ4n) is 2.76. The molecule has 0 radical (unpaired) electrons. The van der Waals surface area contributed by atoms with Gasteiger partial charge in [-0.1, -0.05) is 13.3 Å². The number of unbranched alkanes of at least 4 members (excludes halogenated alkanes) is 1. The summed E-state index contributed by atoms with van der Waals surface area (Å²) >= 11 is 0. The first-order chi connectivity index (χ1) is 11.8. The summed E-state index contributed by atoms with van der Waals surface area (Å²) in [7, 11) is 0. The van der Waals surface area contributed by atoms with Crippen molar-refractivity contribution in [1.29, 1.82) is 0 Å². The van der Waals surface area contributed by atoms with Crippen molar-refractivity contribution in [3.8, 4) is 0 Å². The fraction of sp³-hybridized carbons (Fsp3) is 0.529. The lowest BCUT2D eigenvalue weighted by Gasteiger charge is -2.35. The summed E-state index contributed by atoms with van der Waals surface area (Å²) in [4.78, 5) is 22.3. The Morgan fingerprint density at radius 1 is 1.04 bits per heavy atom. The van der Waals surface area contributed by atoms with Crippen LogP contribution in [0.25, 0.3) is 0 Å². The molecule has 0 atom stereocenters. The van der Waals surface area contributed by atoms with Crippen molar-refractivity contribution < 1.29 is 0 Å². The van der Waals surface area contributed by atoms with Gasteiger partial charge in [-0.25, -0.2) is 15.0 Å². The van der Waals surface area contributed by atoms with Crippen LogP contribution in [0.5, 0.6) is 0 Å². The molecule has 1 aliphatic heterocycles. The number of nitrogens with one attached hydrogen (secondary N) is 1. The molecule has 128 valence electrons. The topological polar surface area (TPSA) is 70.1 Å². The predicted molar refractivity (Wildman–Crippen MR) is 96.6 cm³/mol. The number of piperazine rings is 1. The maximum Gasteiger partial charge on any atom is 0.225 e. The number of anilines is 3. The molecule has 0 bridgehead atoms. The van der Waals surface area contributed by atoms with Gasteiger partial charge in [-0.3, -0.25) is 0 Å². The SMILES string of the molecule is CCCCNc1nc(C)cc(N2CCN(c3ncccn3)CC2)n1. The van der Waals surface area contributed by atoms with Crippen LogP contribution >= 0.6 is 0 Å². The van der Waals surface area contributed by atoms with E-state index in [1.165, 1.54) is 0 Å². The summed E-state index contributed by atoms with van der Waals surface area (Å²) in [6, 6.07) is 3.90. The molecule has 1 N–H and O–H groups in total. The molecule has 2 aromatic heterocycles. The first-order valence-corrected chi connectivity index (χ1v) is 8.62. The average Bonchev–Trinajstić information content (AvgIpc) is 2.62. The van der Waals surface area contributed by atoms with E-state index in [4.69, 9.17) is 0 Å². The number of aromatic nitrogens is 4. The summed E-state index contributed by atoms with van der Waals surface area (Å²) in [5, 5.41) is 3.32. The Morgan fingerprint density at radius 2 is 1.75 bits per heavy atom. The molecule has 7 nitrogen and oxygen atoms in total. The van der Waals surface area contributed by atoms with Crippen molar-refractivity contribution in [2.75, 3.05) is 47.8 Å². The molecule has 0 aliphatic carbocycles. The minimum Gasteiger partial charge on any atom is -0.354 e. The van der Waals surface area contributed by atoms with E-state index in [-0.39, 0.29) is 0 Å². The van der Waals surface area contributed by atoms with Crippen LogP contribution < -0.4 is 15.1 Å². The number of rotatable bonds is 6. The second-order valence-electron chi connectivity index (χ2n) is 5.99. The molecular formula is C17H25N7. The van der Waals surface area contributed by atoms with Crippen molar-refractivity contribution in [2.45, 2.75) is 26.7 Å². The third kappa shape index (κ3) is 4.10. The molecule has 24 heavy (non-hydrogen) atoms. The molecule has 0 aromatic carbocycles. The zero-order valence-electron chi connectivity index (χ0n) is 14.4. The highest BCUT2D eigenvalue weighted by Gasteiger charge is 2.20. The summed E-state index contributed by atoms with van der Waals surface area (Å²) in [6.07, 6.45) is 5.87. The molecule has 3 heterocycles. The second-order valence-corrected chi connectivity index (χ2v) is 5.99. The Kier molecular flexibility index (Phi) is 5.40. The molecule has 1 fully saturated rings. The van der Waals surface area contributed by atoms with Crippen LogP contribution in [0.15, 0.2) is 24.5 Å². The third-order valence-electron chi connectivity index (χ3n) is 4.09. The minimum atomic E-state index is 0.729. The van der Waals surface area contributed by atoms with Crippen molar-refractivity contribution in [2.24, 2.45) is 0 Å². The molecule has 2 aromatic rings. The van der Waals surface area contributed by atoms with Gasteiger partial charge in [0.05, 0.1) is 0 Å². The quantitative estimate of drug-likeness (QED) is 0.815. The van der Waals surface area contributed by atoms with Gasteiger partial charge in [0.25, 0.3) is 0 Å². The average molecular weight is 327 g/mol. The monoisotopic (exact) mass is 327 g/mol. The zero-order chi connectivity index (χ0) is 16.8. The number of hydrogen-bond acceptors (Lipinski definition) is 7. The van der Waals surface area contributed by atoms with Gasteiger partial charge < -0.3 is 15.1 Å². The standard InChI is InChI=1S/C17H25N7/c1-3-4-6-18-16-21-14(2)13-15(22-16)23-9-11-24(12-10-23)17-19-7-5-8-20-17/h5,7-8,13H,3-4,6,9-12H2,1-2H3,(H,18,21,22). The van der Waals surface area contributed by atoms with Gasteiger partial charge in [0, 0.05) is 56.9 Å². The molecular weight excluding hydrogens is 302 g/mol. The van der Waals surface area contributed by atoms with E-state index in [9.17, 15) is 0 Å². The fourth-order valence-corrected chi connectivity index (χ4v) is 2.76. The van der Waals surface area contributed by atoms with E-state index in [1.54, 1.807) is 12.4 Å². The Hall–Kier alpha value is -2.44. The predicted octanol–water partition coefficient (Wildman–Crippen LogP) is 2.11. The van der Waals surface area contributed by atoms with E-state index < -0.39 is 0 Å². The summed E-state index contributed by atoms with van der Waals surface area (Å²) in [6.45, 7) is 8.71. The summed E-state index contributed by atoms with van der Waals surface area (Å²) in [5.74, 6) is 2.53. The summed E-state index contributed by atoms with van der Waals surface area (Å²) in [5.41, 5.74) is 0.993. The van der Waals surface area contributed by atoms with Gasteiger partial charge in [-0.15, -0.1) is 0 Å². The molecule has 3 rings (SSSR count). The van der Waals surface area contributed by atoms with Gasteiger partial charge in [-0.2, -0.15) is 4.98 Å². The lowest BCUT2D eigenvalue weighted by Crippen LogP contribution is -2.47. The largest absolute Gasteiger partial charge is 0.354 e. The van der Waals surface area contributed by atoms with Crippen LogP contribution in [0.4, 0.5) is 17.7 Å². The van der Waals surface area contributed by atoms with E-state index in [1.807, 2.05) is 13.0 Å². The maximum atomic E-state index is 4.68. The molecule has 1 aliphatic rings. The maximum absolute atomic E-state index is 4.68. The van der Waals surface area contributed by atoms with Gasteiger partial charge in [0.2, 0.25) is 11.9 Å². The minimum absolute atomic E-state index is 0.729. The van der Waals surface area contributed by atoms with E-state index in [0.29, 0.717) is 0 Å². The molecule has 0 spiro atoms. The second kappa shape index (κ2) is 7.90. The molecule has 0 amide bonds. The van der Waals surface area contributed by atoms with Gasteiger partial charge in [0.15, 0.2) is 0 Å². The van der Waals surface area contributed by atoms with Crippen LogP contribution in [-0.4, -0.2) is 52.7 Å². The first kappa shape index (κ1) is 16.4. The molecule has 7 heteroatoms. The Bertz CT molecular complexity index is 639. The smallest absolute Gasteiger partial charge is 0.225 e. The summed E-state index contributed by atoms with van der Waals surface area (Å²) < 4.78 is 0. The highest BCUT2D eigenvalue weighted by Crippen LogP contribution is 2.18. The lowest BCUT2D eigenvalue weighted by molar-refractivity contribution is 0.633. The first-order valence-electron chi connectivity index (χ1n) is 8.62. The van der Waals surface area contributed by atoms with Crippen LogP contribution in [0, 0.1) is 6.92 Å². The molecule has 0 saturated carbocycles. The van der Waals surface area contributed by atoms with E-state index in [2.05, 4.69) is 48.0 Å². The Balaban J connectivity index is 1.63. The van der Waals surface area contributed by atoms with E-state index in [0.717, 1.165) is 69.0 Å². The van der Waals surface area contributed by atoms with Gasteiger partial charge >= 0.3 is 0 Å². The molecule has 1 saturated heterocycles. The molecule has 0 unspecified atom stereocenters. The number of aryl methyl sites for hydroxylation is 1. The Labute approximate surface area is 143 Å². The third-order valence-corrected chi connectivity index (χ3v) is 4.09. The number of hydrogen-bond donors (Lipinski definition) is 1. The lowest BCUT2D eigenvalue weighted by atomic mass is 10.3. The van der Waals surface area contributed by atoms with Crippen LogP contribution in [0.3, 0.4) is 0 Å². The number of nitrogens with zero attached hydrogens (tertiary/aromatic N) is 6. The van der Waals surface area contributed by atoms with Crippen LogP contribution in [0.1, 0.15) is 25.5 Å².